The quantitative estimate of drug-likeness (QED) is 0.485. The predicted octanol–water partition coefficient (Wildman–Crippen LogP) is 4.14. The van der Waals surface area contributed by atoms with Gasteiger partial charge < -0.3 is 33.9 Å². The van der Waals surface area contributed by atoms with E-state index in [4.69, 9.17) is 18.9 Å². The summed E-state index contributed by atoms with van der Waals surface area (Å²) >= 11 is 0. The Labute approximate surface area is 267 Å². The van der Waals surface area contributed by atoms with Crippen LogP contribution in [0.2, 0.25) is 0 Å². The molecule has 3 aliphatic heterocycles. The third kappa shape index (κ3) is 9.00. The molecule has 4 rings (SSSR count). The first-order valence-corrected chi connectivity index (χ1v) is 16.8. The molecule has 9 atom stereocenters. The van der Waals surface area contributed by atoms with Crippen molar-refractivity contribution in [2.75, 3.05) is 61.1 Å². The number of likely N-dealkylation sites (tertiary alicyclic amines) is 1. The van der Waals surface area contributed by atoms with Gasteiger partial charge in [0.05, 0.1) is 31.0 Å². The van der Waals surface area contributed by atoms with E-state index in [9.17, 15) is 5.11 Å². The monoisotopic (exact) mass is 618 g/mol. The topological polar surface area (TPSA) is 79.8 Å². The van der Waals surface area contributed by atoms with Crippen molar-refractivity contribution in [1.29, 1.82) is 0 Å². The molecule has 0 aromatic carbocycles. The lowest BCUT2D eigenvalue weighted by atomic mass is 9.75. The molecule has 0 bridgehead atoms. The number of aliphatic hydroxyl groups is 1. The van der Waals surface area contributed by atoms with Crippen molar-refractivity contribution in [1.82, 2.24) is 19.7 Å². The van der Waals surface area contributed by atoms with Crippen LogP contribution in [0.1, 0.15) is 66.4 Å². The minimum absolute atomic E-state index is 0.00357. The van der Waals surface area contributed by atoms with Gasteiger partial charge in [-0.3, -0.25) is 9.88 Å². The summed E-state index contributed by atoms with van der Waals surface area (Å²) in [5.41, 5.74) is 0.697. The largest absolute Gasteiger partial charge is 0.386 e. The maximum atomic E-state index is 11.4. The van der Waals surface area contributed by atoms with Crippen LogP contribution in [0.3, 0.4) is 0 Å². The van der Waals surface area contributed by atoms with E-state index in [2.05, 4.69) is 80.4 Å². The maximum Gasteiger partial charge on any atom is 0.185 e. The molecule has 3 fully saturated rings. The molecule has 3 saturated heterocycles. The predicted molar refractivity (Wildman–Crippen MR) is 174 cm³/mol. The summed E-state index contributed by atoms with van der Waals surface area (Å²) in [6, 6.07) is 4.55. The van der Waals surface area contributed by atoms with Crippen LogP contribution in [0, 0.1) is 23.2 Å². The van der Waals surface area contributed by atoms with Gasteiger partial charge in [-0.05, 0) is 89.2 Å². The number of ether oxygens (including phenoxy) is 4. The molecule has 1 aromatic heterocycles. The molecule has 1 aromatic rings. The van der Waals surface area contributed by atoms with Gasteiger partial charge >= 0.3 is 0 Å². The lowest BCUT2D eigenvalue weighted by Gasteiger charge is -2.48. The zero-order valence-electron chi connectivity index (χ0n) is 29.2. The highest BCUT2D eigenvalue weighted by molar-refractivity contribution is 5.10. The number of nitrogens with zero attached hydrogens (tertiary/aromatic N) is 4. The Kier molecular flexibility index (Phi) is 12.3. The highest BCUT2D eigenvalue weighted by Gasteiger charge is 2.47. The van der Waals surface area contributed by atoms with Gasteiger partial charge in [0.25, 0.3) is 0 Å². The van der Waals surface area contributed by atoms with E-state index in [1.807, 2.05) is 33.6 Å². The normalized spacial score (nSPS) is 38.8. The fourth-order valence-corrected chi connectivity index (χ4v) is 8.22. The second kappa shape index (κ2) is 15.2. The third-order valence-electron chi connectivity index (χ3n) is 10.4. The van der Waals surface area contributed by atoms with E-state index in [0.717, 1.165) is 52.0 Å². The first-order valence-electron chi connectivity index (χ1n) is 16.8. The standard InChI is InChI=1S/C35H62N4O5/c1-24-16-35(6,41-10)32(44-33-31(40)29(37(7)8)15-26(3)43-33)25(2)17-34(4,5)23-42-22-30(38(9)18-24)28-20-39(21-28)19-27-11-13-36-14-12-27/h11-14,24-26,28-33,40H,15-23H2,1-10H3/t24-,25-,26-,29+,30+,31-,32-,33+,35-/m1/s1. The minimum atomic E-state index is -0.736. The Balaban J connectivity index is 1.51. The highest BCUT2D eigenvalue weighted by Crippen LogP contribution is 2.39. The number of pyridine rings is 1. The van der Waals surface area contributed by atoms with Crippen molar-refractivity contribution in [3.8, 4) is 0 Å². The van der Waals surface area contributed by atoms with Crippen molar-refractivity contribution < 1.29 is 24.1 Å². The smallest absolute Gasteiger partial charge is 0.185 e. The van der Waals surface area contributed by atoms with Crippen LogP contribution in [0.5, 0.6) is 0 Å². The summed E-state index contributed by atoms with van der Waals surface area (Å²) in [6.07, 6.45) is 4.56. The van der Waals surface area contributed by atoms with Crippen LogP contribution in [0.25, 0.3) is 0 Å². The van der Waals surface area contributed by atoms with Crippen LogP contribution >= 0.6 is 0 Å². The van der Waals surface area contributed by atoms with Crippen molar-refractivity contribution >= 4 is 0 Å². The first-order chi connectivity index (χ1) is 20.7. The van der Waals surface area contributed by atoms with Crippen molar-refractivity contribution in [2.45, 2.75) is 110 Å². The van der Waals surface area contributed by atoms with E-state index < -0.39 is 18.0 Å². The zero-order valence-corrected chi connectivity index (χ0v) is 29.2. The maximum absolute atomic E-state index is 11.4. The molecule has 3 aliphatic rings. The lowest BCUT2D eigenvalue weighted by Crippen LogP contribution is -2.58. The van der Waals surface area contributed by atoms with Gasteiger partial charge in [0.15, 0.2) is 6.29 Å². The Morgan fingerprint density at radius 1 is 1.07 bits per heavy atom. The van der Waals surface area contributed by atoms with Gasteiger partial charge in [0.1, 0.15) is 6.10 Å². The minimum Gasteiger partial charge on any atom is -0.386 e. The summed E-state index contributed by atoms with van der Waals surface area (Å²) in [5.74, 6) is 1.08. The van der Waals surface area contributed by atoms with Crippen LogP contribution in [0.4, 0.5) is 0 Å². The fraction of sp³-hybridized carbons (Fsp3) is 0.857. The zero-order chi connectivity index (χ0) is 32.2. The van der Waals surface area contributed by atoms with E-state index in [1.165, 1.54) is 5.56 Å². The molecule has 9 nitrogen and oxygen atoms in total. The Morgan fingerprint density at radius 2 is 1.75 bits per heavy atom. The highest BCUT2D eigenvalue weighted by atomic mass is 16.7. The van der Waals surface area contributed by atoms with E-state index in [0.29, 0.717) is 24.5 Å². The van der Waals surface area contributed by atoms with Crippen molar-refractivity contribution in [3.05, 3.63) is 30.1 Å². The fourth-order valence-electron chi connectivity index (χ4n) is 8.22. The molecule has 0 radical (unpaired) electrons. The molecular formula is C35H62N4O5. The molecule has 0 saturated carbocycles. The SMILES string of the molecule is CO[C@]1(C)C[C@@H](C)CN(C)[C@H](C2CN(Cc3ccncc3)C2)COCC(C)(C)C[C@@H](C)[C@H]1O[C@@H]1O[C@H](C)C[C@H](N(C)C)[C@H]1O. The molecular weight excluding hydrogens is 556 g/mol. The van der Waals surface area contributed by atoms with Gasteiger partial charge in [-0.2, -0.15) is 0 Å². The molecule has 0 spiro atoms. The molecule has 0 aliphatic carbocycles. The molecule has 1 N–H and O–H groups in total. The molecule has 9 heteroatoms. The van der Waals surface area contributed by atoms with Gasteiger partial charge in [-0.25, -0.2) is 0 Å². The Bertz CT molecular complexity index is 1010. The second-order valence-corrected chi connectivity index (χ2v) is 15.6. The van der Waals surface area contributed by atoms with Crippen LogP contribution in [-0.2, 0) is 25.5 Å². The molecule has 44 heavy (non-hydrogen) atoms. The van der Waals surface area contributed by atoms with Crippen molar-refractivity contribution in [3.63, 3.8) is 0 Å². The van der Waals surface area contributed by atoms with Crippen LogP contribution in [0.15, 0.2) is 24.5 Å². The summed E-state index contributed by atoms with van der Waals surface area (Å²) in [7, 11) is 8.10. The van der Waals surface area contributed by atoms with Gasteiger partial charge in [-0.15, -0.1) is 0 Å². The number of aromatic nitrogens is 1. The second-order valence-electron chi connectivity index (χ2n) is 15.6. The third-order valence-corrected chi connectivity index (χ3v) is 10.4. The average molecular weight is 619 g/mol. The number of rotatable bonds is 7. The summed E-state index contributed by atoms with van der Waals surface area (Å²) < 4.78 is 26.1. The average Bonchev–Trinajstić information content (AvgIpc) is 2.93. The summed E-state index contributed by atoms with van der Waals surface area (Å²) in [6.45, 7) is 18.9. The van der Waals surface area contributed by atoms with Crippen LogP contribution < -0.4 is 0 Å². The van der Waals surface area contributed by atoms with E-state index in [-0.39, 0.29) is 29.6 Å². The van der Waals surface area contributed by atoms with Gasteiger partial charge in [-0.1, -0.05) is 27.7 Å². The Hall–Kier alpha value is -1.17. The van der Waals surface area contributed by atoms with Gasteiger partial charge in [0, 0.05) is 63.7 Å². The van der Waals surface area contributed by atoms with Crippen molar-refractivity contribution in [2.24, 2.45) is 23.2 Å². The van der Waals surface area contributed by atoms with Crippen LogP contribution in [-0.4, -0.2) is 128 Å². The number of hydrogen-bond donors (Lipinski definition) is 1. The summed E-state index contributed by atoms with van der Waals surface area (Å²) in [5, 5.41) is 11.4. The molecule has 0 unspecified atom stereocenters. The molecule has 252 valence electrons. The number of aliphatic hydroxyl groups excluding tert-OH is 1. The van der Waals surface area contributed by atoms with E-state index >= 15 is 0 Å². The van der Waals surface area contributed by atoms with Gasteiger partial charge in [0.2, 0.25) is 0 Å². The lowest BCUT2D eigenvalue weighted by molar-refractivity contribution is -0.298. The summed E-state index contributed by atoms with van der Waals surface area (Å²) in [4.78, 5) is 11.3. The number of hydrogen-bond acceptors (Lipinski definition) is 9. The number of likely N-dealkylation sites (N-methyl/N-ethyl adjacent to an activating group) is 2. The molecule has 0 amide bonds. The van der Waals surface area contributed by atoms with E-state index in [1.54, 1.807) is 0 Å². The number of methoxy groups -OCH3 is 1. The first kappa shape index (κ1) is 35.7. The molecule has 4 heterocycles. The Morgan fingerprint density at radius 3 is 2.39 bits per heavy atom.